The van der Waals surface area contributed by atoms with Crippen LogP contribution >= 0.6 is 0 Å². The smallest absolute Gasteiger partial charge is 0.400 e. The summed E-state index contributed by atoms with van der Waals surface area (Å²) in [5.41, 5.74) is 2.03. The second-order valence-corrected chi connectivity index (χ2v) is 7.22. The van der Waals surface area contributed by atoms with E-state index in [0.29, 0.717) is 0 Å². The first-order valence-electron chi connectivity index (χ1n) is 8.61. The summed E-state index contributed by atoms with van der Waals surface area (Å²) in [6.45, 7) is 12.4. The molecule has 1 fully saturated rings. The van der Waals surface area contributed by atoms with Gasteiger partial charge < -0.3 is 14.6 Å². The first kappa shape index (κ1) is 18.2. The Labute approximate surface area is 141 Å². The summed E-state index contributed by atoms with van der Waals surface area (Å²) in [5, 5.41) is 3.50. The quantitative estimate of drug-likeness (QED) is 0.606. The van der Waals surface area contributed by atoms with Crippen LogP contribution in [0, 0.1) is 0 Å². The third kappa shape index (κ3) is 4.69. The molecule has 0 radical (unpaired) electrons. The van der Waals surface area contributed by atoms with E-state index < -0.39 is 0 Å². The average Bonchev–Trinajstić information content (AvgIpc) is 2.72. The van der Waals surface area contributed by atoms with Crippen molar-refractivity contribution in [3.8, 4) is 0 Å². The van der Waals surface area contributed by atoms with Crippen molar-refractivity contribution in [1.82, 2.24) is 5.32 Å². The van der Waals surface area contributed by atoms with Crippen LogP contribution in [0.2, 0.25) is 0 Å². The van der Waals surface area contributed by atoms with E-state index in [-0.39, 0.29) is 18.3 Å². The van der Waals surface area contributed by atoms with E-state index in [1.165, 1.54) is 11.0 Å². The molecule has 1 aromatic carbocycles. The Morgan fingerprint density at radius 2 is 1.70 bits per heavy atom. The summed E-state index contributed by atoms with van der Waals surface area (Å²) in [6, 6.07) is 10.5. The van der Waals surface area contributed by atoms with Gasteiger partial charge in [-0.05, 0) is 65.0 Å². The van der Waals surface area contributed by atoms with Gasteiger partial charge in [-0.15, -0.1) is 0 Å². The zero-order chi connectivity index (χ0) is 16.9. The molecule has 0 aliphatic carbocycles. The SMILES string of the molecule is C/C=C(\CCCNCc1ccccc1)B1OC(C)(C)C(C)(C)O1. The summed E-state index contributed by atoms with van der Waals surface area (Å²) < 4.78 is 12.3. The lowest BCUT2D eigenvalue weighted by Crippen LogP contribution is -2.41. The van der Waals surface area contributed by atoms with Crippen LogP contribution in [-0.2, 0) is 15.9 Å². The molecule has 126 valence electrons. The molecule has 1 aliphatic heterocycles. The van der Waals surface area contributed by atoms with Gasteiger partial charge in [0.1, 0.15) is 0 Å². The third-order valence-corrected chi connectivity index (χ3v) is 4.92. The molecule has 1 heterocycles. The summed E-state index contributed by atoms with van der Waals surface area (Å²) in [5.74, 6) is 0. The first-order valence-corrected chi connectivity index (χ1v) is 8.61. The maximum absolute atomic E-state index is 6.13. The van der Waals surface area contributed by atoms with Crippen molar-refractivity contribution in [3.05, 3.63) is 47.4 Å². The van der Waals surface area contributed by atoms with Gasteiger partial charge in [0.05, 0.1) is 11.2 Å². The number of rotatable bonds is 7. The Hall–Kier alpha value is -1.10. The van der Waals surface area contributed by atoms with E-state index in [0.717, 1.165) is 25.9 Å². The van der Waals surface area contributed by atoms with Gasteiger partial charge in [0, 0.05) is 6.54 Å². The number of allylic oxidation sites excluding steroid dienone is 2. The molecule has 1 saturated heterocycles. The molecule has 0 bridgehead atoms. The molecule has 1 N–H and O–H groups in total. The van der Waals surface area contributed by atoms with Crippen LogP contribution in [0.5, 0.6) is 0 Å². The van der Waals surface area contributed by atoms with Gasteiger partial charge in [-0.25, -0.2) is 0 Å². The molecular formula is C19H30BNO2. The van der Waals surface area contributed by atoms with Crippen LogP contribution in [0.15, 0.2) is 41.9 Å². The lowest BCUT2D eigenvalue weighted by atomic mass is 9.75. The van der Waals surface area contributed by atoms with Crippen LogP contribution in [-0.4, -0.2) is 24.9 Å². The Bertz CT molecular complexity index is 509. The van der Waals surface area contributed by atoms with Gasteiger partial charge in [0.25, 0.3) is 0 Å². The van der Waals surface area contributed by atoms with Gasteiger partial charge in [0.15, 0.2) is 0 Å². The highest BCUT2D eigenvalue weighted by molar-refractivity contribution is 6.54. The molecule has 0 aromatic heterocycles. The summed E-state index contributed by atoms with van der Waals surface area (Å²) in [7, 11) is -0.209. The van der Waals surface area contributed by atoms with Gasteiger partial charge in [0.2, 0.25) is 0 Å². The van der Waals surface area contributed by atoms with Crippen molar-refractivity contribution in [2.24, 2.45) is 0 Å². The van der Waals surface area contributed by atoms with Crippen LogP contribution in [0.3, 0.4) is 0 Å². The maximum atomic E-state index is 6.13. The Morgan fingerprint density at radius 1 is 1.09 bits per heavy atom. The minimum absolute atomic E-state index is 0.209. The zero-order valence-electron chi connectivity index (χ0n) is 15.2. The van der Waals surface area contributed by atoms with Gasteiger partial charge in [-0.2, -0.15) is 0 Å². The topological polar surface area (TPSA) is 30.5 Å². The summed E-state index contributed by atoms with van der Waals surface area (Å²) >= 11 is 0. The molecule has 1 aliphatic rings. The number of nitrogens with one attached hydrogen (secondary N) is 1. The second-order valence-electron chi connectivity index (χ2n) is 7.22. The highest BCUT2D eigenvalue weighted by atomic mass is 16.7. The largest absolute Gasteiger partial charge is 0.490 e. The second kappa shape index (κ2) is 7.65. The molecule has 0 spiro atoms. The van der Waals surface area contributed by atoms with Gasteiger partial charge >= 0.3 is 7.12 Å². The minimum Gasteiger partial charge on any atom is -0.400 e. The fourth-order valence-electron chi connectivity index (χ4n) is 2.64. The Kier molecular flexibility index (Phi) is 6.07. The molecule has 0 saturated carbocycles. The molecule has 3 nitrogen and oxygen atoms in total. The Morgan fingerprint density at radius 3 is 2.26 bits per heavy atom. The van der Waals surface area contributed by atoms with E-state index in [1.807, 2.05) is 6.07 Å². The van der Waals surface area contributed by atoms with E-state index in [9.17, 15) is 0 Å². The maximum Gasteiger partial charge on any atom is 0.490 e. The highest BCUT2D eigenvalue weighted by Crippen LogP contribution is 2.39. The molecule has 0 amide bonds. The summed E-state index contributed by atoms with van der Waals surface area (Å²) in [4.78, 5) is 0. The predicted molar refractivity (Wildman–Crippen MR) is 97.2 cm³/mol. The van der Waals surface area contributed by atoms with Crippen molar-refractivity contribution in [2.45, 2.75) is 65.2 Å². The molecular weight excluding hydrogens is 285 g/mol. The average molecular weight is 315 g/mol. The molecule has 1 aromatic rings. The summed E-state index contributed by atoms with van der Waals surface area (Å²) in [6.07, 6.45) is 4.21. The van der Waals surface area contributed by atoms with E-state index in [2.05, 4.69) is 70.3 Å². The normalized spacial score (nSPS) is 20.0. The molecule has 0 atom stereocenters. The van der Waals surface area contributed by atoms with Crippen molar-refractivity contribution in [2.75, 3.05) is 6.54 Å². The Balaban J connectivity index is 1.74. The minimum atomic E-state index is -0.266. The van der Waals surface area contributed by atoms with Crippen LogP contribution in [0.1, 0.15) is 53.0 Å². The molecule has 23 heavy (non-hydrogen) atoms. The number of benzene rings is 1. The van der Waals surface area contributed by atoms with Crippen LogP contribution in [0.25, 0.3) is 0 Å². The highest BCUT2D eigenvalue weighted by Gasteiger charge is 2.51. The third-order valence-electron chi connectivity index (χ3n) is 4.92. The lowest BCUT2D eigenvalue weighted by molar-refractivity contribution is 0.00578. The van der Waals surface area contributed by atoms with E-state index in [1.54, 1.807) is 0 Å². The van der Waals surface area contributed by atoms with Crippen molar-refractivity contribution in [1.29, 1.82) is 0 Å². The molecule has 4 heteroatoms. The van der Waals surface area contributed by atoms with Crippen LogP contribution < -0.4 is 5.32 Å². The van der Waals surface area contributed by atoms with Gasteiger partial charge in [-0.3, -0.25) is 0 Å². The standard InChI is InChI=1S/C19H30BNO2/c1-6-17(20-22-18(2,3)19(4,5)23-20)13-10-14-21-15-16-11-8-7-9-12-16/h6-9,11-12,21H,10,13-15H2,1-5H3/b17-6+. The zero-order valence-corrected chi connectivity index (χ0v) is 15.2. The lowest BCUT2D eigenvalue weighted by Gasteiger charge is -2.32. The molecule has 0 unspecified atom stereocenters. The van der Waals surface area contributed by atoms with Crippen LogP contribution in [0.4, 0.5) is 0 Å². The fourth-order valence-corrected chi connectivity index (χ4v) is 2.64. The number of hydrogen-bond acceptors (Lipinski definition) is 3. The van der Waals surface area contributed by atoms with Gasteiger partial charge in [-0.1, -0.05) is 36.4 Å². The van der Waals surface area contributed by atoms with Crippen molar-refractivity contribution in [3.63, 3.8) is 0 Å². The van der Waals surface area contributed by atoms with Crippen molar-refractivity contribution < 1.29 is 9.31 Å². The molecule has 2 rings (SSSR count). The van der Waals surface area contributed by atoms with E-state index >= 15 is 0 Å². The fraction of sp³-hybridized carbons (Fsp3) is 0.579. The monoisotopic (exact) mass is 315 g/mol. The first-order chi connectivity index (χ1) is 10.9. The van der Waals surface area contributed by atoms with Crippen molar-refractivity contribution >= 4 is 7.12 Å². The predicted octanol–water partition coefficient (Wildman–Crippen LogP) is 4.13. The van der Waals surface area contributed by atoms with E-state index in [4.69, 9.17) is 9.31 Å². The number of hydrogen-bond donors (Lipinski definition) is 1.